The molecule has 2 rings (SSSR count). The molecule has 1 aromatic carbocycles. The van der Waals surface area contributed by atoms with Crippen LogP contribution in [-0.2, 0) is 10.2 Å². The van der Waals surface area contributed by atoms with Crippen molar-refractivity contribution in [1.29, 1.82) is 0 Å². The van der Waals surface area contributed by atoms with Crippen molar-refractivity contribution in [2.24, 2.45) is 0 Å². The molecule has 2 atom stereocenters. The van der Waals surface area contributed by atoms with Crippen LogP contribution in [0, 0.1) is 0 Å². The molecule has 0 aromatic heterocycles. The molecule has 1 saturated carbocycles. The molecule has 74 valence electrons. The second-order valence-corrected chi connectivity index (χ2v) is 4.68. The van der Waals surface area contributed by atoms with Crippen molar-refractivity contribution >= 4 is 27.6 Å². The zero-order chi connectivity index (χ0) is 10.3. The van der Waals surface area contributed by atoms with Crippen LogP contribution in [0.1, 0.15) is 12.0 Å². The van der Waals surface area contributed by atoms with Gasteiger partial charge in [0.05, 0.1) is 0 Å². The maximum Gasteiger partial charge on any atom is 0.315 e. The Bertz CT molecular complexity index is 376. The summed E-state index contributed by atoms with van der Waals surface area (Å²) in [5.41, 5.74) is 6.29. The molecule has 4 heteroatoms. The summed E-state index contributed by atoms with van der Waals surface area (Å²) in [7, 11) is 0. The third kappa shape index (κ3) is 1.21. The quantitative estimate of drug-likeness (QED) is 0.626. The van der Waals surface area contributed by atoms with Gasteiger partial charge in [-0.1, -0.05) is 28.1 Å². The second-order valence-electron chi connectivity index (χ2n) is 3.57. The summed E-state index contributed by atoms with van der Waals surface area (Å²) in [6, 6.07) is 7.03. The summed E-state index contributed by atoms with van der Waals surface area (Å²) >= 11 is 3.35. The second kappa shape index (κ2) is 2.98. The number of aliphatic carboxylic acids is 1. The number of alkyl halides is 1. The summed E-state index contributed by atoms with van der Waals surface area (Å²) in [5.74, 6) is -0.774. The van der Waals surface area contributed by atoms with Gasteiger partial charge >= 0.3 is 5.97 Å². The molecular weight excluding hydrogens is 246 g/mol. The number of hydrogen-bond donors (Lipinski definition) is 2. The lowest BCUT2D eigenvalue weighted by atomic mass is 9.96. The SMILES string of the molecule is Nc1ccc(C2(C(=O)O)CC2Br)cc1. The first-order valence-electron chi connectivity index (χ1n) is 4.31. The van der Waals surface area contributed by atoms with Crippen molar-refractivity contribution in [3.63, 3.8) is 0 Å². The number of carboxylic acid groups (broad SMARTS) is 1. The van der Waals surface area contributed by atoms with Crippen molar-refractivity contribution in [2.75, 3.05) is 5.73 Å². The molecular formula is C10H10BrNO2. The van der Waals surface area contributed by atoms with Crippen LogP contribution in [0.4, 0.5) is 5.69 Å². The Hall–Kier alpha value is -1.03. The van der Waals surface area contributed by atoms with E-state index in [1.807, 2.05) is 0 Å². The van der Waals surface area contributed by atoms with E-state index in [4.69, 9.17) is 10.8 Å². The van der Waals surface area contributed by atoms with Gasteiger partial charge in [0.1, 0.15) is 5.41 Å². The number of hydrogen-bond acceptors (Lipinski definition) is 2. The molecule has 1 aliphatic rings. The summed E-state index contributed by atoms with van der Waals surface area (Å²) < 4.78 is 0. The Balaban J connectivity index is 2.39. The lowest BCUT2D eigenvalue weighted by Crippen LogP contribution is -2.22. The topological polar surface area (TPSA) is 63.3 Å². The Labute approximate surface area is 90.0 Å². The smallest absolute Gasteiger partial charge is 0.315 e. The summed E-state index contributed by atoms with van der Waals surface area (Å²) in [6.45, 7) is 0. The number of nitrogen functional groups attached to an aromatic ring is 1. The Morgan fingerprint density at radius 2 is 2.00 bits per heavy atom. The number of benzene rings is 1. The van der Waals surface area contributed by atoms with Crippen molar-refractivity contribution in [2.45, 2.75) is 16.7 Å². The molecule has 0 aliphatic heterocycles. The zero-order valence-corrected chi connectivity index (χ0v) is 8.99. The normalized spacial score (nSPS) is 29.9. The summed E-state index contributed by atoms with van der Waals surface area (Å²) in [4.78, 5) is 11.2. The number of halogens is 1. The van der Waals surface area contributed by atoms with Crippen LogP contribution in [0.25, 0.3) is 0 Å². The van der Waals surface area contributed by atoms with E-state index in [0.717, 1.165) is 5.56 Å². The van der Waals surface area contributed by atoms with Crippen molar-refractivity contribution in [1.82, 2.24) is 0 Å². The van der Waals surface area contributed by atoms with Crippen LogP contribution in [-0.4, -0.2) is 15.9 Å². The first-order chi connectivity index (χ1) is 6.57. The van der Waals surface area contributed by atoms with E-state index in [1.165, 1.54) is 0 Å². The van der Waals surface area contributed by atoms with Gasteiger partial charge in [-0.25, -0.2) is 0 Å². The minimum Gasteiger partial charge on any atom is -0.481 e. The van der Waals surface area contributed by atoms with Gasteiger partial charge in [-0.3, -0.25) is 4.79 Å². The third-order valence-electron chi connectivity index (χ3n) is 2.68. The fourth-order valence-corrected chi connectivity index (χ4v) is 2.62. The van der Waals surface area contributed by atoms with Gasteiger partial charge in [-0.15, -0.1) is 0 Å². The van der Waals surface area contributed by atoms with Gasteiger partial charge in [-0.2, -0.15) is 0 Å². The molecule has 0 radical (unpaired) electrons. The van der Waals surface area contributed by atoms with Crippen molar-refractivity contribution < 1.29 is 9.90 Å². The van der Waals surface area contributed by atoms with Gasteiger partial charge in [0.2, 0.25) is 0 Å². The highest BCUT2D eigenvalue weighted by atomic mass is 79.9. The summed E-state index contributed by atoms with van der Waals surface area (Å²) in [6.07, 6.45) is 0.645. The molecule has 3 N–H and O–H groups in total. The number of anilines is 1. The average Bonchev–Trinajstić information content (AvgIpc) is 2.80. The molecule has 1 aromatic rings. The molecule has 1 fully saturated rings. The predicted molar refractivity (Wildman–Crippen MR) is 57.5 cm³/mol. The van der Waals surface area contributed by atoms with E-state index < -0.39 is 11.4 Å². The van der Waals surface area contributed by atoms with Gasteiger partial charge in [0, 0.05) is 10.5 Å². The van der Waals surface area contributed by atoms with Crippen LogP contribution in [0.5, 0.6) is 0 Å². The molecule has 0 bridgehead atoms. The van der Waals surface area contributed by atoms with Gasteiger partial charge in [-0.05, 0) is 24.1 Å². The van der Waals surface area contributed by atoms with Crippen LogP contribution in [0.15, 0.2) is 24.3 Å². The maximum absolute atomic E-state index is 11.1. The number of carbonyl (C=O) groups is 1. The number of rotatable bonds is 2. The molecule has 0 heterocycles. The minimum atomic E-state index is -0.774. The number of carboxylic acids is 1. The summed E-state index contributed by atoms with van der Waals surface area (Å²) in [5, 5.41) is 9.14. The molecule has 1 aliphatic carbocycles. The largest absolute Gasteiger partial charge is 0.481 e. The highest BCUT2D eigenvalue weighted by Gasteiger charge is 2.60. The van der Waals surface area contributed by atoms with E-state index in [2.05, 4.69) is 15.9 Å². The fourth-order valence-electron chi connectivity index (χ4n) is 1.65. The minimum absolute atomic E-state index is 0.0381. The number of nitrogens with two attached hydrogens (primary N) is 1. The Morgan fingerprint density at radius 3 is 2.36 bits per heavy atom. The molecule has 0 spiro atoms. The third-order valence-corrected chi connectivity index (χ3v) is 3.79. The highest BCUT2D eigenvalue weighted by Crippen LogP contribution is 2.53. The van der Waals surface area contributed by atoms with Crippen LogP contribution in [0.2, 0.25) is 0 Å². The molecule has 3 nitrogen and oxygen atoms in total. The van der Waals surface area contributed by atoms with Gasteiger partial charge < -0.3 is 10.8 Å². The first kappa shape index (κ1) is 9.52. The maximum atomic E-state index is 11.1. The fraction of sp³-hybridized carbons (Fsp3) is 0.300. The van der Waals surface area contributed by atoms with E-state index >= 15 is 0 Å². The monoisotopic (exact) mass is 255 g/mol. The molecule has 14 heavy (non-hydrogen) atoms. The van der Waals surface area contributed by atoms with E-state index in [-0.39, 0.29) is 4.83 Å². The van der Waals surface area contributed by atoms with Crippen LogP contribution in [0.3, 0.4) is 0 Å². The van der Waals surface area contributed by atoms with Crippen molar-refractivity contribution in [3.05, 3.63) is 29.8 Å². The average molecular weight is 256 g/mol. The van der Waals surface area contributed by atoms with E-state index in [0.29, 0.717) is 12.1 Å². The van der Waals surface area contributed by atoms with E-state index in [9.17, 15) is 4.79 Å². The molecule has 0 saturated heterocycles. The highest BCUT2D eigenvalue weighted by molar-refractivity contribution is 9.09. The van der Waals surface area contributed by atoms with Crippen LogP contribution >= 0.6 is 15.9 Å². The standard InChI is InChI=1S/C10H10BrNO2/c11-8-5-10(8,9(13)14)6-1-3-7(12)4-2-6/h1-4,8H,5,12H2,(H,13,14). The van der Waals surface area contributed by atoms with Crippen molar-refractivity contribution in [3.8, 4) is 0 Å². The Morgan fingerprint density at radius 1 is 1.50 bits per heavy atom. The van der Waals surface area contributed by atoms with E-state index in [1.54, 1.807) is 24.3 Å². The zero-order valence-electron chi connectivity index (χ0n) is 7.40. The van der Waals surface area contributed by atoms with Gasteiger partial charge in [0.25, 0.3) is 0 Å². The lowest BCUT2D eigenvalue weighted by molar-refractivity contribution is -0.139. The van der Waals surface area contributed by atoms with Gasteiger partial charge in [0.15, 0.2) is 0 Å². The first-order valence-corrected chi connectivity index (χ1v) is 5.22. The molecule has 0 amide bonds. The molecule has 2 unspecified atom stereocenters. The van der Waals surface area contributed by atoms with Crippen LogP contribution < -0.4 is 5.73 Å². The Kier molecular flexibility index (Phi) is 2.03. The predicted octanol–water partition coefficient (Wildman–Crippen LogP) is 1.76. The lowest BCUT2D eigenvalue weighted by Gasteiger charge is -2.10.